The van der Waals surface area contributed by atoms with Crippen LogP contribution in [0.5, 0.6) is 0 Å². The third-order valence-corrected chi connectivity index (χ3v) is 4.17. The Labute approximate surface area is 111 Å². The number of hydrogen-bond donors (Lipinski definition) is 1. The Morgan fingerprint density at radius 3 is 2.79 bits per heavy atom. The number of Topliss-reactive ketones (excluding diaryl/α,β-unsaturated/α-hetero) is 1. The molecule has 1 aromatic carbocycles. The minimum absolute atomic E-state index is 0.0334. The molecule has 1 aliphatic heterocycles. The van der Waals surface area contributed by atoms with Crippen molar-refractivity contribution < 1.29 is 9.72 Å². The number of rotatable bonds is 1. The van der Waals surface area contributed by atoms with Gasteiger partial charge in [-0.3, -0.25) is 14.9 Å². The number of benzene rings is 1. The molecule has 0 aromatic heterocycles. The first-order chi connectivity index (χ1) is 9.16. The highest BCUT2D eigenvalue weighted by Crippen LogP contribution is 2.36. The lowest BCUT2D eigenvalue weighted by Crippen LogP contribution is -2.38. The van der Waals surface area contributed by atoms with Crippen LogP contribution in [0.15, 0.2) is 18.2 Å². The number of hydrogen-bond acceptors (Lipinski definition) is 4. The van der Waals surface area contributed by atoms with Crippen molar-refractivity contribution >= 4 is 17.2 Å². The van der Waals surface area contributed by atoms with Gasteiger partial charge < -0.3 is 5.32 Å². The Balaban J connectivity index is 1.99. The van der Waals surface area contributed by atoms with Gasteiger partial charge in [0.05, 0.1) is 10.6 Å². The van der Waals surface area contributed by atoms with Crippen molar-refractivity contribution in [3.63, 3.8) is 0 Å². The van der Waals surface area contributed by atoms with Crippen molar-refractivity contribution in [3.05, 3.63) is 33.9 Å². The Hall–Kier alpha value is -1.91. The number of ketones is 1. The summed E-state index contributed by atoms with van der Waals surface area (Å²) in [4.78, 5) is 22.8. The maximum Gasteiger partial charge on any atom is 0.271 e. The van der Waals surface area contributed by atoms with E-state index in [1.54, 1.807) is 6.07 Å². The Kier molecular flexibility index (Phi) is 2.97. The largest absolute Gasteiger partial charge is 0.381 e. The average Bonchev–Trinajstić information content (AvgIpc) is 2.63. The molecule has 5 nitrogen and oxygen atoms in total. The zero-order valence-electron chi connectivity index (χ0n) is 10.6. The maximum absolute atomic E-state index is 12.5. The number of nitro groups is 1. The topological polar surface area (TPSA) is 72.2 Å². The van der Waals surface area contributed by atoms with Gasteiger partial charge in [0.25, 0.3) is 5.69 Å². The standard InChI is InChI=1S/C14H16N2O3/c17-14-10-4-2-1-3-5-12(10)15-13-8-9(16(18)19)6-7-11(13)14/h6-8,10,12,15H,1-5H2/t10-,12+/m1/s1. The van der Waals surface area contributed by atoms with Crippen LogP contribution in [0, 0.1) is 16.0 Å². The van der Waals surface area contributed by atoms with Gasteiger partial charge in [0.2, 0.25) is 0 Å². The van der Waals surface area contributed by atoms with Crippen molar-refractivity contribution in [1.82, 2.24) is 0 Å². The number of carbonyl (C=O) groups is 1. The minimum atomic E-state index is -0.425. The Morgan fingerprint density at radius 1 is 1.21 bits per heavy atom. The lowest BCUT2D eigenvalue weighted by Gasteiger charge is -2.32. The normalized spacial score (nSPS) is 25.8. The van der Waals surface area contributed by atoms with E-state index >= 15 is 0 Å². The second kappa shape index (κ2) is 4.64. The minimum Gasteiger partial charge on any atom is -0.381 e. The molecule has 1 N–H and O–H groups in total. The molecule has 100 valence electrons. The van der Waals surface area contributed by atoms with Gasteiger partial charge in [0.15, 0.2) is 5.78 Å². The first-order valence-electron chi connectivity index (χ1n) is 6.76. The van der Waals surface area contributed by atoms with Crippen molar-refractivity contribution in [1.29, 1.82) is 0 Å². The van der Waals surface area contributed by atoms with Crippen LogP contribution in [0.2, 0.25) is 0 Å². The zero-order valence-corrected chi connectivity index (χ0v) is 10.6. The highest BCUT2D eigenvalue weighted by Gasteiger charge is 2.36. The van der Waals surface area contributed by atoms with E-state index in [-0.39, 0.29) is 23.4 Å². The van der Waals surface area contributed by atoms with Crippen molar-refractivity contribution in [2.24, 2.45) is 5.92 Å². The lowest BCUT2D eigenvalue weighted by molar-refractivity contribution is -0.384. The lowest BCUT2D eigenvalue weighted by atomic mass is 9.83. The smallest absolute Gasteiger partial charge is 0.271 e. The van der Waals surface area contributed by atoms with Crippen LogP contribution < -0.4 is 5.32 Å². The predicted molar refractivity (Wildman–Crippen MR) is 71.4 cm³/mol. The Bertz CT molecular complexity index is 541. The van der Waals surface area contributed by atoms with Gasteiger partial charge in [0, 0.05) is 29.7 Å². The second-order valence-corrected chi connectivity index (χ2v) is 5.35. The molecular weight excluding hydrogens is 244 g/mol. The van der Waals surface area contributed by atoms with E-state index in [0.29, 0.717) is 11.3 Å². The summed E-state index contributed by atoms with van der Waals surface area (Å²) in [6.45, 7) is 0. The molecule has 1 aliphatic carbocycles. The molecule has 0 amide bonds. The van der Waals surface area contributed by atoms with Crippen LogP contribution in [0.1, 0.15) is 42.5 Å². The quantitative estimate of drug-likeness (QED) is 0.622. The summed E-state index contributed by atoms with van der Waals surface area (Å²) in [5.74, 6) is 0.187. The molecule has 0 unspecified atom stereocenters. The van der Waals surface area contributed by atoms with E-state index < -0.39 is 4.92 Å². The van der Waals surface area contributed by atoms with Crippen LogP contribution in [-0.2, 0) is 0 Å². The number of carbonyl (C=O) groups excluding carboxylic acids is 1. The van der Waals surface area contributed by atoms with Gasteiger partial charge in [0.1, 0.15) is 0 Å². The monoisotopic (exact) mass is 260 g/mol. The molecule has 1 aromatic rings. The highest BCUT2D eigenvalue weighted by molar-refractivity contribution is 6.05. The van der Waals surface area contributed by atoms with Gasteiger partial charge in [-0.05, 0) is 18.9 Å². The van der Waals surface area contributed by atoms with Gasteiger partial charge in [-0.1, -0.05) is 19.3 Å². The number of non-ortho nitro benzene ring substituents is 1. The summed E-state index contributed by atoms with van der Waals surface area (Å²) in [6, 6.07) is 4.62. The predicted octanol–water partition coefficient (Wildman–Crippen LogP) is 3.15. The number of nitrogens with zero attached hydrogens (tertiary/aromatic N) is 1. The van der Waals surface area contributed by atoms with Crippen LogP contribution >= 0.6 is 0 Å². The second-order valence-electron chi connectivity index (χ2n) is 5.35. The van der Waals surface area contributed by atoms with Crippen molar-refractivity contribution in [2.45, 2.75) is 38.1 Å². The first kappa shape index (κ1) is 12.1. The molecule has 19 heavy (non-hydrogen) atoms. The summed E-state index contributed by atoms with van der Waals surface area (Å²) < 4.78 is 0. The molecule has 0 saturated heterocycles. The molecule has 1 heterocycles. The van der Waals surface area contributed by atoms with Gasteiger partial charge in [-0.15, -0.1) is 0 Å². The van der Waals surface area contributed by atoms with E-state index in [1.807, 2.05) is 0 Å². The number of nitro benzene ring substituents is 1. The van der Waals surface area contributed by atoms with Crippen molar-refractivity contribution in [2.75, 3.05) is 5.32 Å². The molecule has 0 spiro atoms. The molecule has 2 atom stereocenters. The van der Waals surface area contributed by atoms with E-state index in [9.17, 15) is 14.9 Å². The molecule has 3 rings (SSSR count). The highest BCUT2D eigenvalue weighted by atomic mass is 16.6. The summed E-state index contributed by atoms with van der Waals surface area (Å²) in [5, 5.41) is 14.1. The number of anilines is 1. The third kappa shape index (κ3) is 2.09. The average molecular weight is 260 g/mol. The van der Waals surface area contributed by atoms with Crippen molar-refractivity contribution in [3.8, 4) is 0 Å². The molecule has 1 saturated carbocycles. The first-order valence-corrected chi connectivity index (χ1v) is 6.76. The molecule has 1 fully saturated rings. The van der Waals surface area contributed by atoms with E-state index in [4.69, 9.17) is 0 Å². The van der Waals surface area contributed by atoms with Crippen LogP contribution in [0.25, 0.3) is 0 Å². The van der Waals surface area contributed by atoms with Gasteiger partial charge >= 0.3 is 0 Å². The van der Waals surface area contributed by atoms with E-state index in [0.717, 1.165) is 25.7 Å². The molecule has 5 heteroatoms. The van der Waals surface area contributed by atoms with Crippen LogP contribution in [-0.4, -0.2) is 16.7 Å². The molecule has 2 aliphatic rings. The fourth-order valence-corrected chi connectivity index (χ4v) is 3.17. The van der Waals surface area contributed by atoms with Crippen LogP contribution in [0.3, 0.4) is 0 Å². The summed E-state index contributed by atoms with van der Waals surface area (Å²) in [7, 11) is 0. The molecule has 0 bridgehead atoms. The fraction of sp³-hybridized carbons (Fsp3) is 0.500. The number of fused-ring (bicyclic) bond motifs is 2. The maximum atomic E-state index is 12.5. The van der Waals surface area contributed by atoms with E-state index in [1.165, 1.54) is 18.6 Å². The van der Waals surface area contributed by atoms with Crippen LogP contribution in [0.4, 0.5) is 11.4 Å². The summed E-state index contributed by atoms with van der Waals surface area (Å²) in [6.07, 6.45) is 5.27. The SMILES string of the molecule is O=C1c2ccc([N+](=O)[O-])cc2N[C@H]2CCCCC[C@@H]12. The summed E-state index contributed by atoms with van der Waals surface area (Å²) >= 11 is 0. The fourth-order valence-electron chi connectivity index (χ4n) is 3.17. The third-order valence-electron chi connectivity index (χ3n) is 4.17. The molecular formula is C14H16N2O3. The Morgan fingerprint density at radius 2 is 2.00 bits per heavy atom. The molecule has 0 radical (unpaired) electrons. The zero-order chi connectivity index (χ0) is 13.4. The number of nitrogens with one attached hydrogen (secondary N) is 1. The summed E-state index contributed by atoms with van der Waals surface area (Å²) in [5.41, 5.74) is 1.27. The van der Waals surface area contributed by atoms with E-state index in [2.05, 4.69) is 5.32 Å². The van der Waals surface area contributed by atoms with Gasteiger partial charge in [-0.25, -0.2) is 0 Å². The van der Waals surface area contributed by atoms with Gasteiger partial charge in [-0.2, -0.15) is 0 Å².